The van der Waals surface area contributed by atoms with Gasteiger partial charge in [0.25, 0.3) is 5.91 Å². The van der Waals surface area contributed by atoms with Gasteiger partial charge in [0.2, 0.25) is 0 Å². The molecule has 0 bridgehead atoms. The van der Waals surface area contributed by atoms with E-state index < -0.39 is 12.0 Å². The Morgan fingerprint density at radius 2 is 2.12 bits per heavy atom. The van der Waals surface area contributed by atoms with Crippen LogP contribution in [0, 0.1) is 5.92 Å². The molecule has 0 spiro atoms. The zero-order chi connectivity index (χ0) is 12.8. The van der Waals surface area contributed by atoms with Crippen molar-refractivity contribution in [2.24, 2.45) is 11.7 Å². The summed E-state index contributed by atoms with van der Waals surface area (Å²) in [6.45, 7) is 7.52. The van der Waals surface area contributed by atoms with Crippen LogP contribution in [0.15, 0.2) is 36.9 Å². The van der Waals surface area contributed by atoms with Gasteiger partial charge in [0.15, 0.2) is 6.10 Å². The maximum absolute atomic E-state index is 11.3. The van der Waals surface area contributed by atoms with Crippen LogP contribution in [0.3, 0.4) is 0 Å². The second-order valence-corrected chi connectivity index (χ2v) is 4.29. The Bertz CT molecular complexity index is 399. The summed E-state index contributed by atoms with van der Waals surface area (Å²) in [6, 6.07) is 7.60. The average Bonchev–Trinajstić information content (AvgIpc) is 2.27. The van der Waals surface area contributed by atoms with Crippen molar-refractivity contribution in [3.63, 3.8) is 0 Å². The molecule has 0 aliphatic carbocycles. The quantitative estimate of drug-likeness (QED) is 0.766. The molecule has 0 radical (unpaired) electrons. The number of hydrogen-bond acceptors (Lipinski definition) is 2. The molecule has 1 rings (SSSR count). The highest BCUT2D eigenvalue weighted by atomic mass is 16.5. The van der Waals surface area contributed by atoms with Gasteiger partial charge in [-0.05, 0) is 24.0 Å². The van der Waals surface area contributed by atoms with E-state index in [9.17, 15) is 4.79 Å². The first-order valence-corrected chi connectivity index (χ1v) is 5.71. The van der Waals surface area contributed by atoms with Crippen LogP contribution in [0.1, 0.15) is 19.4 Å². The molecule has 92 valence electrons. The molecule has 0 aromatic heterocycles. The highest BCUT2D eigenvalue weighted by molar-refractivity contribution is 5.79. The van der Waals surface area contributed by atoms with Crippen molar-refractivity contribution in [1.29, 1.82) is 0 Å². The Labute approximate surface area is 102 Å². The number of carbonyl (C=O) groups is 1. The van der Waals surface area contributed by atoms with Crippen LogP contribution in [0.4, 0.5) is 0 Å². The van der Waals surface area contributed by atoms with Gasteiger partial charge in [-0.2, -0.15) is 0 Å². The van der Waals surface area contributed by atoms with Crippen molar-refractivity contribution in [2.75, 3.05) is 0 Å². The zero-order valence-electron chi connectivity index (χ0n) is 10.3. The summed E-state index contributed by atoms with van der Waals surface area (Å²) in [5, 5.41) is 0. The first kappa shape index (κ1) is 13.3. The molecule has 0 aliphatic heterocycles. The largest absolute Gasteiger partial charge is 0.480 e. The summed E-state index contributed by atoms with van der Waals surface area (Å²) in [4.78, 5) is 11.3. The maximum atomic E-state index is 11.3. The number of nitrogens with two attached hydrogens (primary N) is 1. The van der Waals surface area contributed by atoms with Gasteiger partial charge in [0.05, 0.1) is 0 Å². The Kier molecular flexibility index (Phi) is 4.76. The van der Waals surface area contributed by atoms with E-state index >= 15 is 0 Å². The Morgan fingerprint density at radius 3 is 2.65 bits per heavy atom. The van der Waals surface area contributed by atoms with Crippen molar-refractivity contribution in [3.8, 4) is 5.75 Å². The fraction of sp³-hybridized carbons (Fsp3) is 0.357. The third kappa shape index (κ3) is 3.63. The average molecular weight is 233 g/mol. The van der Waals surface area contributed by atoms with Crippen LogP contribution in [0.5, 0.6) is 5.75 Å². The Balaban J connectivity index is 2.92. The summed E-state index contributed by atoms with van der Waals surface area (Å²) in [6.07, 6.45) is 1.91. The third-order valence-corrected chi connectivity index (χ3v) is 2.48. The highest BCUT2D eigenvalue weighted by Crippen LogP contribution is 2.22. The van der Waals surface area contributed by atoms with Crippen molar-refractivity contribution in [2.45, 2.75) is 26.4 Å². The number of amides is 1. The van der Waals surface area contributed by atoms with Gasteiger partial charge in [-0.1, -0.05) is 38.1 Å². The van der Waals surface area contributed by atoms with Gasteiger partial charge < -0.3 is 10.5 Å². The first-order valence-electron chi connectivity index (χ1n) is 5.71. The molecule has 0 heterocycles. The zero-order valence-corrected chi connectivity index (χ0v) is 10.3. The van der Waals surface area contributed by atoms with Crippen molar-refractivity contribution < 1.29 is 9.53 Å². The minimum Gasteiger partial charge on any atom is -0.480 e. The van der Waals surface area contributed by atoms with Crippen LogP contribution in [-0.4, -0.2) is 12.0 Å². The fourth-order valence-corrected chi connectivity index (χ4v) is 1.60. The number of ether oxygens (including phenoxy) is 1. The maximum Gasteiger partial charge on any atom is 0.258 e. The number of para-hydroxylation sites is 1. The predicted molar refractivity (Wildman–Crippen MR) is 68.8 cm³/mol. The second-order valence-electron chi connectivity index (χ2n) is 4.29. The lowest BCUT2D eigenvalue weighted by atomic mass is 10.1. The molecule has 3 heteroatoms. The number of carbonyl (C=O) groups excluding carboxylic acids is 1. The first-order chi connectivity index (χ1) is 8.06. The van der Waals surface area contributed by atoms with E-state index in [1.165, 1.54) is 0 Å². The minimum atomic E-state index is -0.596. The van der Waals surface area contributed by atoms with E-state index in [-0.39, 0.29) is 5.92 Å². The number of primary amides is 1. The predicted octanol–water partition coefficient (Wildman–Crippen LogP) is 2.30. The molecule has 1 aromatic carbocycles. The van der Waals surface area contributed by atoms with Crippen LogP contribution in [0.2, 0.25) is 0 Å². The molecule has 0 saturated heterocycles. The van der Waals surface area contributed by atoms with Crippen molar-refractivity contribution >= 4 is 5.91 Å². The normalized spacial score (nSPS) is 12.2. The molecule has 0 fully saturated rings. The summed E-state index contributed by atoms with van der Waals surface area (Å²) < 4.78 is 5.70. The van der Waals surface area contributed by atoms with Crippen LogP contribution >= 0.6 is 0 Å². The molecular weight excluding hydrogens is 214 g/mol. The molecule has 1 aromatic rings. The Hall–Kier alpha value is -1.77. The summed E-state index contributed by atoms with van der Waals surface area (Å²) in [7, 11) is 0. The molecule has 3 nitrogen and oxygen atoms in total. The fourth-order valence-electron chi connectivity index (χ4n) is 1.60. The van der Waals surface area contributed by atoms with Crippen LogP contribution in [-0.2, 0) is 11.2 Å². The summed E-state index contributed by atoms with van der Waals surface area (Å²) in [5.74, 6) is 0.308. The number of allylic oxidation sites excluding steroid dienone is 1. The smallest absolute Gasteiger partial charge is 0.258 e. The van der Waals surface area contributed by atoms with E-state index in [0.717, 1.165) is 5.56 Å². The van der Waals surface area contributed by atoms with Crippen molar-refractivity contribution in [1.82, 2.24) is 0 Å². The van der Waals surface area contributed by atoms with Crippen molar-refractivity contribution in [3.05, 3.63) is 42.5 Å². The third-order valence-electron chi connectivity index (χ3n) is 2.48. The van der Waals surface area contributed by atoms with Gasteiger partial charge in [-0.25, -0.2) is 0 Å². The molecular formula is C14H19NO2. The lowest BCUT2D eigenvalue weighted by Crippen LogP contribution is -2.38. The number of benzene rings is 1. The molecule has 0 saturated carbocycles. The van der Waals surface area contributed by atoms with E-state index in [1.54, 1.807) is 6.08 Å². The lowest BCUT2D eigenvalue weighted by Gasteiger charge is -2.20. The molecule has 1 unspecified atom stereocenters. The van der Waals surface area contributed by atoms with Gasteiger partial charge in [-0.3, -0.25) is 4.79 Å². The van der Waals surface area contributed by atoms with E-state index in [1.807, 2.05) is 38.1 Å². The Morgan fingerprint density at radius 1 is 1.47 bits per heavy atom. The van der Waals surface area contributed by atoms with E-state index in [2.05, 4.69) is 6.58 Å². The van der Waals surface area contributed by atoms with Gasteiger partial charge in [-0.15, -0.1) is 6.58 Å². The molecule has 1 amide bonds. The summed E-state index contributed by atoms with van der Waals surface area (Å²) >= 11 is 0. The van der Waals surface area contributed by atoms with E-state index in [4.69, 9.17) is 10.5 Å². The van der Waals surface area contributed by atoms with Gasteiger partial charge in [0, 0.05) is 0 Å². The second kappa shape index (κ2) is 6.09. The van der Waals surface area contributed by atoms with Crippen LogP contribution < -0.4 is 10.5 Å². The van der Waals surface area contributed by atoms with Gasteiger partial charge >= 0.3 is 0 Å². The number of hydrogen-bond donors (Lipinski definition) is 1. The standard InChI is InChI=1S/C14H19NO2/c1-4-7-11-8-5-6-9-12(11)17-13(10(2)3)14(15)16/h4-6,8-10,13H,1,7H2,2-3H3,(H2,15,16). The highest BCUT2D eigenvalue weighted by Gasteiger charge is 2.22. The monoisotopic (exact) mass is 233 g/mol. The minimum absolute atomic E-state index is 0.0456. The topological polar surface area (TPSA) is 52.3 Å². The number of rotatable bonds is 6. The molecule has 1 atom stereocenters. The molecule has 0 aliphatic rings. The summed E-state index contributed by atoms with van der Waals surface area (Å²) in [5.41, 5.74) is 6.33. The SMILES string of the molecule is C=CCc1ccccc1OC(C(N)=O)C(C)C. The van der Waals surface area contributed by atoms with Crippen LogP contribution in [0.25, 0.3) is 0 Å². The molecule has 2 N–H and O–H groups in total. The van der Waals surface area contributed by atoms with E-state index in [0.29, 0.717) is 12.2 Å². The molecule has 17 heavy (non-hydrogen) atoms. The lowest BCUT2D eigenvalue weighted by molar-refractivity contribution is -0.126. The van der Waals surface area contributed by atoms with Gasteiger partial charge in [0.1, 0.15) is 5.75 Å².